The maximum absolute atomic E-state index is 13.7. The largest absolute Gasteiger partial charge is 0.497 e. The number of rotatable bonds is 6. The van der Waals surface area contributed by atoms with E-state index in [0.29, 0.717) is 27.8 Å². The fraction of sp³-hybridized carbons (Fsp3) is 0.194. The Hall–Kier alpha value is -4.07. The zero-order valence-corrected chi connectivity index (χ0v) is 23.8. The Bertz CT molecular complexity index is 1600. The second-order valence-corrected chi connectivity index (χ2v) is 10.5. The van der Waals surface area contributed by atoms with Crippen molar-refractivity contribution in [3.63, 3.8) is 0 Å². The third-order valence-electron chi connectivity index (χ3n) is 6.90. The number of aromatic nitrogens is 2. The van der Waals surface area contributed by atoms with E-state index in [0.717, 1.165) is 28.1 Å². The molecule has 0 spiro atoms. The number of nitrogens with one attached hydrogen (secondary N) is 1. The van der Waals surface area contributed by atoms with Gasteiger partial charge >= 0.3 is 0 Å². The number of methoxy groups -OCH3 is 1. The standard InChI is InChI=1S/C31H28Cl2N4O3/c1-19(22-7-5-4-6-8-22)34-31(39)29-26-18-36(20(2)38)17-23(15-21-9-12-25(40-3)13-10-21)30(26)37(35-29)28-14-11-24(32)16-27(28)33/h4-16,19H,17-18H2,1-3H3,(H,34,39)/b23-15+. The van der Waals surface area contributed by atoms with E-state index in [9.17, 15) is 9.59 Å². The van der Waals surface area contributed by atoms with Crippen molar-refractivity contribution in [1.29, 1.82) is 0 Å². The SMILES string of the molecule is COc1ccc(/C=C2\CN(C(C)=O)Cc3c(C(=O)NC(C)c4ccccc4)nn(-c4ccc(Cl)cc4Cl)c32)cc1. The third kappa shape index (κ3) is 5.62. The van der Waals surface area contributed by atoms with E-state index in [2.05, 4.69) is 5.32 Å². The number of carbonyl (C=O) groups excluding carboxylic acids is 2. The van der Waals surface area contributed by atoms with Crippen LogP contribution in [-0.4, -0.2) is 40.1 Å². The van der Waals surface area contributed by atoms with Crippen molar-refractivity contribution < 1.29 is 14.3 Å². The molecule has 1 N–H and O–H groups in total. The minimum atomic E-state index is -0.342. The summed E-state index contributed by atoms with van der Waals surface area (Å²) in [5.41, 5.74) is 4.86. The van der Waals surface area contributed by atoms with Crippen LogP contribution < -0.4 is 10.1 Å². The van der Waals surface area contributed by atoms with Gasteiger partial charge in [-0.05, 0) is 60.0 Å². The Morgan fingerprint density at radius 1 is 1.02 bits per heavy atom. The van der Waals surface area contributed by atoms with Crippen molar-refractivity contribution in [1.82, 2.24) is 20.0 Å². The fourth-order valence-corrected chi connectivity index (χ4v) is 5.28. The molecule has 0 aliphatic carbocycles. The first-order valence-electron chi connectivity index (χ1n) is 12.8. The second-order valence-electron chi connectivity index (χ2n) is 9.61. The summed E-state index contributed by atoms with van der Waals surface area (Å²) in [7, 11) is 1.62. The lowest BCUT2D eigenvalue weighted by atomic mass is 9.97. The fourth-order valence-electron chi connectivity index (χ4n) is 4.80. The van der Waals surface area contributed by atoms with Gasteiger partial charge in [0.05, 0.1) is 36.1 Å². The molecule has 2 heterocycles. The van der Waals surface area contributed by atoms with Gasteiger partial charge in [0.2, 0.25) is 5.91 Å². The van der Waals surface area contributed by atoms with Crippen molar-refractivity contribution in [2.75, 3.05) is 13.7 Å². The zero-order chi connectivity index (χ0) is 28.4. The summed E-state index contributed by atoms with van der Waals surface area (Å²) in [6, 6.07) is 22.2. The van der Waals surface area contributed by atoms with Crippen LogP contribution in [0.5, 0.6) is 5.75 Å². The van der Waals surface area contributed by atoms with Crippen LogP contribution in [0.25, 0.3) is 17.3 Å². The van der Waals surface area contributed by atoms with Crippen LogP contribution >= 0.6 is 23.2 Å². The summed E-state index contributed by atoms with van der Waals surface area (Å²) in [5, 5.41) is 8.73. The lowest BCUT2D eigenvalue weighted by Gasteiger charge is -2.29. The van der Waals surface area contributed by atoms with Crippen LogP contribution in [0.15, 0.2) is 72.8 Å². The molecule has 0 saturated carbocycles. The predicted molar refractivity (Wildman–Crippen MR) is 158 cm³/mol. The topological polar surface area (TPSA) is 76.5 Å². The van der Waals surface area contributed by atoms with E-state index in [-0.39, 0.29) is 30.1 Å². The molecule has 1 unspecified atom stereocenters. The van der Waals surface area contributed by atoms with Crippen molar-refractivity contribution >= 4 is 46.7 Å². The summed E-state index contributed by atoms with van der Waals surface area (Å²) in [6.45, 7) is 4.02. The Morgan fingerprint density at radius 2 is 1.75 bits per heavy atom. The number of amides is 2. The molecule has 1 atom stereocenters. The number of hydrogen-bond donors (Lipinski definition) is 1. The number of carbonyl (C=O) groups is 2. The molecule has 0 bridgehead atoms. The predicted octanol–water partition coefficient (Wildman–Crippen LogP) is 6.58. The van der Waals surface area contributed by atoms with Gasteiger partial charge in [0.1, 0.15) is 5.75 Å². The van der Waals surface area contributed by atoms with Crippen molar-refractivity contribution in [3.05, 3.63) is 111 Å². The highest BCUT2D eigenvalue weighted by Crippen LogP contribution is 2.36. The molecule has 204 valence electrons. The van der Waals surface area contributed by atoms with Gasteiger partial charge in [-0.25, -0.2) is 4.68 Å². The number of hydrogen-bond acceptors (Lipinski definition) is 4. The van der Waals surface area contributed by atoms with E-state index in [1.165, 1.54) is 6.92 Å². The van der Waals surface area contributed by atoms with Gasteiger partial charge in [-0.1, -0.05) is 65.7 Å². The summed E-state index contributed by atoms with van der Waals surface area (Å²) in [4.78, 5) is 28.0. The Balaban J connectivity index is 1.67. The van der Waals surface area contributed by atoms with Crippen LogP contribution in [0.2, 0.25) is 10.0 Å². The molecule has 4 aromatic rings. The van der Waals surface area contributed by atoms with Crippen LogP contribution in [0, 0.1) is 0 Å². The average Bonchev–Trinajstić information content (AvgIpc) is 3.33. The van der Waals surface area contributed by atoms with Crippen LogP contribution in [0.3, 0.4) is 0 Å². The minimum absolute atomic E-state index is 0.104. The number of benzene rings is 3. The first kappa shape index (κ1) is 27.5. The number of nitrogens with zero attached hydrogens (tertiary/aromatic N) is 3. The number of fused-ring (bicyclic) bond motifs is 1. The Kier molecular flexibility index (Phi) is 7.96. The Morgan fingerprint density at radius 3 is 2.40 bits per heavy atom. The molecule has 2 amide bonds. The van der Waals surface area contributed by atoms with Crippen molar-refractivity contribution in [3.8, 4) is 11.4 Å². The first-order valence-corrected chi connectivity index (χ1v) is 13.5. The van der Waals surface area contributed by atoms with Gasteiger partial charge in [0, 0.05) is 24.1 Å². The summed E-state index contributed by atoms with van der Waals surface area (Å²) >= 11 is 12.8. The van der Waals surface area contributed by atoms with E-state index >= 15 is 0 Å². The molecular formula is C31H28Cl2N4O3. The highest BCUT2D eigenvalue weighted by molar-refractivity contribution is 6.35. The zero-order valence-electron chi connectivity index (χ0n) is 22.3. The van der Waals surface area contributed by atoms with E-state index < -0.39 is 0 Å². The lowest BCUT2D eigenvalue weighted by Crippen LogP contribution is -2.35. The van der Waals surface area contributed by atoms with Crippen LogP contribution in [-0.2, 0) is 11.3 Å². The van der Waals surface area contributed by atoms with Gasteiger partial charge < -0.3 is 15.0 Å². The molecule has 0 fully saturated rings. The smallest absolute Gasteiger partial charge is 0.272 e. The van der Waals surface area contributed by atoms with Gasteiger partial charge in [0.15, 0.2) is 5.69 Å². The van der Waals surface area contributed by atoms with Gasteiger partial charge in [-0.2, -0.15) is 5.10 Å². The normalized spacial score (nSPS) is 14.5. The second kappa shape index (κ2) is 11.6. The van der Waals surface area contributed by atoms with E-state index in [4.69, 9.17) is 33.0 Å². The molecular weight excluding hydrogens is 547 g/mol. The van der Waals surface area contributed by atoms with Crippen LogP contribution in [0.4, 0.5) is 0 Å². The monoisotopic (exact) mass is 574 g/mol. The number of halogens is 2. The third-order valence-corrected chi connectivity index (χ3v) is 7.44. The Labute approximate surface area is 243 Å². The quantitative estimate of drug-likeness (QED) is 0.282. The van der Waals surface area contributed by atoms with Gasteiger partial charge in [-0.3, -0.25) is 9.59 Å². The van der Waals surface area contributed by atoms with Gasteiger partial charge in [0.25, 0.3) is 5.91 Å². The number of ether oxygens (including phenoxy) is 1. The molecule has 1 aliphatic heterocycles. The molecule has 7 nitrogen and oxygen atoms in total. The molecule has 9 heteroatoms. The maximum Gasteiger partial charge on any atom is 0.272 e. The summed E-state index contributed by atoms with van der Waals surface area (Å²) in [5.74, 6) is 0.291. The van der Waals surface area contributed by atoms with E-state index in [1.807, 2.05) is 67.6 Å². The van der Waals surface area contributed by atoms with Crippen molar-refractivity contribution in [2.24, 2.45) is 0 Å². The minimum Gasteiger partial charge on any atom is -0.497 e. The first-order chi connectivity index (χ1) is 19.2. The molecule has 1 aromatic heterocycles. The highest BCUT2D eigenvalue weighted by Gasteiger charge is 2.33. The maximum atomic E-state index is 13.7. The molecule has 3 aromatic carbocycles. The summed E-state index contributed by atoms with van der Waals surface area (Å²) in [6.07, 6.45) is 1.99. The molecule has 1 aliphatic rings. The van der Waals surface area contributed by atoms with Gasteiger partial charge in [-0.15, -0.1) is 0 Å². The highest BCUT2D eigenvalue weighted by atomic mass is 35.5. The molecule has 0 saturated heterocycles. The van der Waals surface area contributed by atoms with Crippen LogP contribution in [0.1, 0.15) is 52.8 Å². The molecule has 5 rings (SSSR count). The lowest BCUT2D eigenvalue weighted by molar-refractivity contribution is -0.128. The summed E-state index contributed by atoms with van der Waals surface area (Å²) < 4.78 is 6.98. The molecule has 0 radical (unpaired) electrons. The molecule has 40 heavy (non-hydrogen) atoms. The van der Waals surface area contributed by atoms with E-state index in [1.54, 1.807) is 34.9 Å². The van der Waals surface area contributed by atoms with Crippen molar-refractivity contribution in [2.45, 2.75) is 26.4 Å². The average molecular weight is 575 g/mol.